The zero-order valence-corrected chi connectivity index (χ0v) is 29.7. The van der Waals surface area contributed by atoms with E-state index in [1.54, 1.807) is 48.5 Å². The molecule has 0 aliphatic carbocycles. The number of carbonyl (C=O) groups excluding carboxylic acids is 4. The van der Waals surface area contributed by atoms with Crippen molar-refractivity contribution < 1.29 is 23.9 Å². The van der Waals surface area contributed by atoms with E-state index in [0.717, 1.165) is 27.1 Å². The maximum absolute atomic E-state index is 13.6. The molecule has 0 saturated heterocycles. The molecular formula is C40H37N3O5S2. The summed E-state index contributed by atoms with van der Waals surface area (Å²) >= 11 is 2.62. The number of hydrogen-bond donors (Lipinski definition) is 3. The van der Waals surface area contributed by atoms with Crippen LogP contribution in [0.2, 0.25) is 0 Å². The van der Waals surface area contributed by atoms with Gasteiger partial charge >= 0.3 is 5.97 Å². The molecule has 1 atom stereocenters. The average Bonchev–Trinajstić information content (AvgIpc) is 3.54. The molecule has 0 spiro atoms. The Kier molecular flexibility index (Phi) is 12.0. The number of methoxy groups -OCH3 is 1. The molecule has 0 aliphatic heterocycles. The Balaban J connectivity index is 1.32. The molecule has 3 amide bonds. The smallest absolute Gasteiger partial charge is 0.341 e. The van der Waals surface area contributed by atoms with Crippen LogP contribution in [0.15, 0.2) is 119 Å². The number of benzene rings is 4. The first-order chi connectivity index (χ1) is 24.1. The van der Waals surface area contributed by atoms with Crippen LogP contribution >= 0.6 is 23.1 Å². The molecule has 4 aromatic carbocycles. The van der Waals surface area contributed by atoms with Crippen molar-refractivity contribution in [3.63, 3.8) is 0 Å². The quantitative estimate of drug-likeness (QED) is 0.0681. The molecule has 50 heavy (non-hydrogen) atoms. The topological polar surface area (TPSA) is 114 Å². The van der Waals surface area contributed by atoms with Gasteiger partial charge in [-0.3, -0.25) is 14.4 Å². The van der Waals surface area contributed by atoms with Crippen molar-refractivity contribution in [3.8, 4) is 11.1 Å². The molecule has 254 valence electrons. The van der Waals surface area contributed by atoms with Gasteiger partial charge in [-0.25, -0.2) is 4.79 Å². The number of aryl methyl sites for hydroxylation is 2. The zero-order chi connectivity index (χ0) is 35.6. The van der Waals surface area contributed by atoms with Crippen LogP contribution in [-0.2, 0) is 14.3 Å². The SMILES string of the molecule is CCC(Sc1cccc(NC(=O)/C(=C\c2cccc(C)c2)NC(=O)c2ccccc2)c1)C(=O)Nc1scc(-c2ccc(C)cc2)c1C(=O)OC. The molecule has 0 bridgehead atoms. The van der Waals surface area contributed by atoms with Crippen molar-refractivity contribution >= 4 is 63.6 Å². The molecule has 0 saturated carbocycles. The lowest BCUT2D eigenvalue weighted by Crippen LogP contribution is -2.30. The predicted octanol–water partition coefficient (Wildman–Crippen LogP) is 8.74. The van der Waals surface area contributed by atoms with Gasteiger partial charge in [0.15, 0.2) is 0 Å². The monoisotopic (exact) mass is 703 g/mol. The van der Waals surface area contributed by atoms with Gasteiger partial charge in [-0.1, -0.05) is 90.8 Å². The second-order valence-corrected chi connectivity index (χ2v) is 13.6. The van der Waals surface area contributed by atoms with E-state index >= 15 is 0 Å². The minimum absolute atomic E-state index is 0.0793. The third kappa shape index (κ3) is 9.16. The fourth-order valence-corrected chi connectivity index (χ4v) is 7.07. The fourth-order valence-electron chi connectivity index (χ4n) is 5.09. The van der Waals surface area contributed by atoms with E-state index in [1.807, 2.05) is 86.8 Å². The number of anilines is 2. The van der Waals surface area contributed by atoms with Gasteiger partial charge in [0.1, 0.15) is 16.3 Å². The summed E-state index contributed by atoms with van der Waals surface area (Å²) in [5.41, 5.74) is 5.72. The maximum Gasteiger partial charge on any atom is 0.341 e. The highest BCUT2D eigenvalue weighted by Crippen LogP contribution is 2.37. The van der Waals surface area contributed by atoms with E-state index in [0.29, 0.717) is 33.8 Å². The Labute approximate surface area is 300 Å². The minimum Gasteiger partial charge on any atom is -0.465 e. The van der Waals surface area contributed by atoms with Crippen LogP contribution in [0.3, 0.4) is 0 Å². The Bertz CT molecular complexity index is 2040. The standard InChI is InChI=1S/C40H37N3O5S2/c1-5-34(38(46)43-39-35(40(47)48-4)32(24-49-39)28-19-17-25(2)18-20-28)50-31-16-10-15-30(23-31)41-37(45)33(22-27-12-9-11-26(3)21-27)42-36(44)29-13-7-6-8-14-29/h6-24,34H,5H2,1-4H3,(H,41,45)(H,42,44)(H,43,46)/b33-22+. The highest BCUT2D eigenvalue weighted by molar-refractivity contribution is 8.00. The van der Waals surface area contributed by atoms with E-state index in [1.165, 1.54) is 30.2 Å². The van der Waals surface area contributed by atoms with Crippen LogP contribution in [-0.4, -0.2) is 36.1 Å². The second-order valence-electron chi connectivity index (χ2n) is 11.5. The van der Waals surface area contributed by atoms with Crippen molar-refractivity contribution in [3.05, 3.63) is 142 Å². The number of thiophene rings is 1. The van der Waals surface area contributed by atoms with E-state index in [-0.39, 0.29) is 11.6 Å². The molecule has 10 heteroatoms. The van der Waals surface area contributed by atoms with Gasteiger partial charge in [0.05, 0.1) is 12.4 Å². The Hall–Kier alpha value is -5.45. The Morgan fingerprint density at radius 1 is 0.840 bits per heavy atom. The average molecular weight is 704 g/mol. The van der Waals surface area contributed by atoms with Crippen molar-refractivity contribution in [2.24, 2.45) is 0 Å². The van der Waals surface area contributed by atoms with Crippen molar-refractivity contribution in [1.29, 1.82) is 0 Å². The number of thioether (sulfide) groups is 1. The third-order valence-corrected chi connectivity index (χ3v) is 9.95. The van der Waals surface area contributed by atoms with E-state index in [2.05, 4.69) is 16.0 Å². The summed E-state index contributed by atoms with van der Waals surface area (Å²) in [6.45, 7) is 5.85. The van der Waals surface area contributed by atoms with Crippen LogP contribution in [0.5, 0.6) is 0 Å². The summed E-state index contributed by atoms with van der Waals surface area (Å²) in [4.78, 5) is 53.8. The summed E-state index contributed by atoms with van der Waals surface area (Å²) in [5, 5.41) is 10.4. The van der Waals surface area contributed by atoms with Crippen LogP contribution in [0.4, 0.5) is 10.7 Å². The molecule has 1 heterocycles. The normalized spacial score (nSPS) is 11.7. The summed E-state index contributed by atoms with van der Waals surface area (Å²) in [6.07, 6.45) is 2.14. The van der Waals surface area contributed by atoms with Crippen LogP contribution < -0.4 is 16.0 Å². The number of rotatable bonds is 12. The first-order valence-corrected chi connectivity index (χ1v) is 17.7. The third-order valence-electron chi connectivity index (χ3n) is 7.70. The van der Waals surface area contributed by atoms with Gasteiger partial charge in [0.2, 0.25) is 5.91 Å². The zero-order valence-electron chi connectivity index (χ0n) is 28.1. The molecule has 5 aromatic rings. The number of hydrogen-bond acceptors (Lipinski definition) is 7. The van der Waals surface area contributed by atoms with E-state index in [9.17, 15) is 19.2 Å². The number of esters is 1. The largest absolute Gasteiger partial charge is 0.465 e. The van der Waals surface area contributed by atoms with Gasteiger partial charge in [0, 0.05) is 27.1 Å². The minimum atomic E-state index is -0.531. The van der Waals surface area contributed by atoms with E-state index < -0.39 is 23.0 Å². The molecular weight excluding hydrogens is 667 g/mol. The Morgan fingerprint density at radius 3 is 2.28 bits per heavy atom. The van der Waals surface area contributed by atoms with Gasteiger partial charge in [-0.2, -0.15) is 0 Å². The molecule has 1 aromatic heterocycles. The summed E-state index contributed by atoms with van der Waals surface area (Å²) < 4.78 is 5.08. The van der Waals surface area contributed by atoms with Gasteiger partial charge in [-0.05, 0) is 67.8 Å². The highest BCUT2D eigenvalue weighted by atomic mass is 32.2. The number of carbonyl (C=O) groups is 4. The van der Waals surface area contributed by atoms with Crippen molar-refractivity contribution in [2.45, 2.75) is 37.3 Å². The lowest BCUT2D eigenvalue weighted by atomic mass is 10.0. The summed E-state index contributed by atoms with van der Waals surface area (Å²) in [7, 11) is 1.32. The lowest BCUT2D eigenvalue weighted by molar-refractivity contribution is -0.116. The molecule has 0 radical (unpaired) electrons. The van der Waals surface area contributed by atoms with Crippen LogP contribution in [0.25, 0.3) is 17.2 Å². The van der Waals surface area contributed by atoms with Crippen LogP contribution in [0.1, 0.15) is 50.8 Å². The molecule has 0 aliphatic rings. The maximum atomic E-state index is 13.6. The molecule has 3 N–H and O–H groups in total. The van der Waals surface area contributed by atoms with Gasteiger partial charge in [0.25, 0.3) is 11.8 Å². The Morgan fingerprint density at radius 2 is 1.58 bits per heavy atom. The van der Waals surface area contributed by atoms with Crippen molar-refractivity contribution in [1.82, 2.24) is 5.32 Å². The lowest BCUT2D eigenvalue weighted by Gasteiger charge is -2.16. The van der Waals surface area contributed by atoms with Gasteiger partial charge in [-0.15, -0.1) is 23.1 Å². The highest BCUT2D eigenvalue weighted by Gasteiger charge is 2.25. The fraction of sp³-hybridized carbons (Fsp3) is 0.150. The van der Waals surface area contributed by atoms with Gasteiger partial charge < -0.3 is 20.7 Å². The number of ether oxygens (including phenoxy) is 1. The van der Waals surface area contributed by atoms with E-state index in [4.69, 9.17) is 4.74 Å². The molecule has 8 nitrogen and oxygen atoms in total. The number of amides is 3. The summed E-state index contributed by atoms with van der Waals surface area (Å²) in [5.74, 6) is -1.70. The first-order valence-electron chi connectivity index (χ1n) is 16.0. The molecule has 0 fully saturated rings. The van der Waals surface area contributed by atoms with Crippen molar-refractivity contribution in [2.75, 3.05) is 17.7 Å². The molecule has 1 unspecified atom stereocenters. The predicted molar refractivity (Wildman–Crippen MR) is 203 cm³/mol. The second kappa shape index (κ2) is 16.8. The summed E-state index contributed by atoms with van der Waals surface area (Å²) in [6, 6.07) is 31.3. The van der Waals surface area contributed by atoms with Crippen LogP contribution in [0, 0.1) is 13.8 Å². The first kappa shape index (κ1) is 35.8. The number of nitrogens with one attached hydrogen (secondary N) is 3. The molecule has 5 rings (SSSR count).